The molecule has 0 saturated heterocycles. The average Bonchev–Trinajstić information content (AvgIpc) is 3.56. The highest BCUT2D eigenvalue weighted by Gasteiger charge is 2.34. The first-order valence-corrected chi connectivity index (χ1v) is 25.7. The molecule has 0 aliphatic carbocycles. The van der Waals surface area contributed by atoms with Crippen LogP contribution in [0.1, 0.15) is 33.1 Å². The second-order valence-electron chi connectivity index (χ2n) is 15.2. The first-order chi connectivity index (χ1) is 37.2. The largest absolute Gasteiger partial charge is 0.447 e. The normalized spacial score (nSPS) is 12.6. The number of hydrogen-bond donors (Lipinski definition) is 5. The van der Waals surface area contributed by atoms with Gasteiger partial charge in [-0.15, -0.1) is 0 Å². The summed E-state index contributed by atoms with van der Waals surface area (Å²) in [6.07, 6.45) is 2.17. The van der Waals surface area contributed by atoms with Gasteiger partial charge in [0.05, 0.1) is 164 Å². The highest BCUT2D eigenvalue weighted by molar-refractivity contribution is 7.85. The van der Waals surface area contributed by atoms with Crippen molar-refractivity contribution in [2.24, 2.45) is 10.7 Å². The van der Waals surface area contributed by atoms with Gasteiger partial charge in [0.15, 0.2) is 16.5 Å². The van der Waals surface area contributed by atoms with Crippen LogP contribution >= 0.6 is 0 Å². The quantitative estimate of drug-likeness (QED) is 0.00718. The lowest BCUT2D eigenvalue weighted by Crippen LogP contribution is -2.34. The van der Waals surface area contributed by atoms with Crippen molar-refractivity contribution in [3.05, 3.63) is 46.3 Å². The molecule has 0 fully saturated rings. The number of benzene rings is 1. The van der Waals surface area contributed by atoms with Crippen molar-refractivity contribution in [2.45, 2.75) is 38.0 Å². The van der Waals surface area contributed by atoms with Crippen LogP contribution in [0.25, 0.3) is 0 Å². The zero-order chi connectivity index (χ0) is 56.5. The van der Waals surface area contributed by atoms with E-state index in [0.717, 1.165) is 6.21 Å². The predicted octanol–water partition coefficient (Wildman–Crippen LogP) is 2.01. The Balaban J connectivity index is 1.30. The molecular formula is C47H70F4N6O19S. The zero-order valence-electron chi connectivity index (χ0n) is 43.1. The molecule has 25 nitrogen and oxygen atoms in total. The van der Waals surface area contributed by atoms with E-state index in [1.54, 1.807) is 13.0 Å². The summed E-state index contributed by atoms with van der Waals surface area (Å²) in [6.45, 7) is 10.2. The number of alkyl carbamates (subject to hydrolysis) is 1. The Morgan fingerprint density at radius 2 is 1.13 bits per heavy atom. The lowest BCUT2D eigenvalue weighted by atomic mass is 10.1. The highest BCUT2D eigenvalue weighted by Crippen LogP contribution is 2.32. The smallest absolute Gasteiger partial charge is 0.407 e. The van der Waals surface area contributed by atoms with E-state index in [1.807, 2.05) is 6.92 Å². The number of hydroxylamine groups is 2. The van der Waals surface area contributed by atoms with Gasteiger partial charge in [0.1, 0.15) is 18.1 Å². The molecule has 0 atom stereocenters. The summed E-state index contributed by atoms with van der Waals surface area (Å²) in [4.78, 5) is 44.3. The third-order valence-corrected chi connectivity index (χ3v) is 10.2. The van der Waals surface area contributed by atoms with Crippen molar-refractivity contribution in [3.8, 4) is 17.6 Å². The highest BCUT2D eigenvalue weighted by atomic mass is 32.2. The van der Waals surface area contributed by atoms with Crippen LogP contribution in [0.5, 0.6) is 5.75 Å². The molecule has 1 aromatic carbocycles. The lowest BCUT2D eigenvalue weighted by Gasteiger charge is -2.21. The summed E-state index contributed by atoms with van der Waals surface area (Å²) >= 11 is 0. The monoisotopic (exact) mass is 1130 g/mol. The molecule has 2 amide bonds. The number of rotatable bonds is 44. The van der Waals surface area contributed by atoms with Crippen molar-refractivity contribution >= 4 is 40.1 Å². The van der Waals surface area contributed by atoms with E-state index in [9.17, 15) is 40.4 Å². The Bertz CT molecular complexity index is 2180. The summed E-state index contributed by atoms with van der Waals surface area (Å²) in [7, 11) is -5.65. The molecule has 2 rings (SSSR count). The van der Waals surface area contributed by atoms with Crippen LogP contribution in [-0.2, 0) is 76.7 Å². The van der Waals surface area contributed by atoms with E-state index in [4.69, 9.17) is 72.6 Å². The van der Waals surface area contributed by atoms with E-state index in [1.165, 1.54) is 5.06 Å². The number of nitrogens with two attached hydrogens (primary N) is 1. The maximum Gasteiger partial charge on any atom is 0.407 e. The van der Waals surface area contributed by atoms with Gasteiger partial charge < -0.3 is 78.6 Å². The third kappa shape index (κ3) is 29.8. The van der Waals surface area contributed by atoms with Crippen LogP contribution < -0.4 is 21.1 Å². The lowest BCUT2D eigenvalue weighted by molar-refractivity contribution is -0.180. The van der Waals surface area contributed by atoms with Gasteiger partial charge in [-0.3, -0.25) is 19.0 Å². The van der Waals surface area contributed by atoms with Gasteiger partial charge in [-0.05, 0) is 19.4 Å². The number of hydrogen-bond acceptors (Lipinski definition) is 22. The van der Waals surface area contributed by atoms with Crippen molar-refractivity contribution in [1.82, 2.24) is 15.7 Å². The van der Waals surface area contributed by atoms with Crippen LogP contribution in [0.3, 0.4) is 0 Å². The first-order valence-electron chi connectivity index (χ1n) is 24.3. The van der Waals surface area contributed by atoms with E-state index in [-0.39, 0.29) is 83.2 Å². The second kappa shape index (κ2) is 41.7. The molecule has 0 aromatic heterocycles. The summed E-state index contributed by atoms with van der Waals surface area (Å²) < 4.78 is 150. The van der Waals surface area contributed by atoms with Crippen LogP contribution in [0, 0.1) is 40.5 Å². The molecule has 0 saturated carbocycles. The maximum atomic E-state index is 14.0. The molecule has 1 aliphatic rings. The van der Waals surface area contributed by atoms with E-state index >= 15 is 0 Å². The molecule has 30 heteroatoms. The molecule has 0 radical (unpaired) electrons. The second-order valence-corrected chi connectivity index (χ2v) is 16.5. The third-order valence-electron chi connectivity index (χ3n) is 9.31. The summed E-state index contributed by atoms with van der Waals surface area (Å²) in [5.41, 5.74) is 7.01. The Kier molecular flexibility index (Phi) is 36.6. The SMILES string of the molecule is CCCN(OCC)C(=O)C1=CC(NCC#CCNC(=O)OCCOCCOCCOCCOCCOCCOCCOCCOCCOCCOCCC(=O)Oc2c(F)c(F)c(S(=O)(=O)O)c(F)c2F)=C(C=N)N=C(N)C1. The van der Waals surface area contributed by atoms with Gasteiger partial charge in [0.2, 0.25) is 17.4 Å². The standard InChI is InChI=1S/C47H70F4N6O19S/c1-3-10-57(75-4-2)46(59)35-32-36(37(34-52)56-38(53)33-35)54-8-5-6-9-55-47(60)74-31-30-73-29-28-72-27-26-71-25-24-70-23-22-69-21-20-68-19-18-67-17-16-66-15-14-65-13-12-64-11-7-39(58)76-44-40(48)42(50)45(77(61,62)63)43(51)41(44)49/h32,34,52,54H,3-4,7-31,33H2,1-2H3,(H2,53,56)(H,55,60)(H,61,62,63). The minimum absolute atomic E-state index is 0.0134. The molecule has 436 valence electrons. The Morgan fingerprint density at radius 3 is 1.55 bits per heavy atom. The fraction of sp³-hybridized carbons (Fsp3) is 0.638. The first kappa shape index (κ1) is 67.7. The Morgan fingerprint density at radius 1 is 0.701 bits per heavy atom. The topological polar surface area (TPSA) is 315 Å². The van der Waals surface area contributed by atoms with Gasteiger partial charge in [0, 0.05) is 24.8 Å². The fourth-order valence-corrected chi connectivity index (χ4v) is 6.45. The number of allylic oxidation sites excluding steroid dienone is 2. The number of aliphatic imine (C=N–C) groups is 1. The Labute approximate surface area is 444 Å². The van der Waals surface area contributed by atoms with Crippen LogP contribution in [0.15, 0.2) is 32.9 Å². The predicted molar refractivity (Wildman–Crippen MR) is 263 cm³/mol. The number of nitrogens with zero attached hydrogens (tertiary/aromatic N) is 2. The van der Waals surface area contributed by atoms with Crippen molar-refractivity contribution in [2.75, 3.05) is 165 Å². The number of esters is 1. The molecule has 1 heterocycles. The molecule has 1 aromatic rings. The van der Waals surface area contributed by atoms with Gasteiger partial charge >= 0.3 is 22.2 Å². The van der Waals surface area contributed by atoms with Gasteiger partial charge in [-0.1, -0.05) is 18.8 Å². The number of carbonyl (C=O) groups is 3. The maximum absolute atomic E-state index is 14.0. The average molecular weight is 1130 g/mol. The molecule has 77 heavy (non-hydrogen) atoms. The van der Waals surface area contributed by atoms with E-state index in [0.29, 0.717) is 123 Å². The number of nitrogens with one attached hydrogen (secondary N) is 3. The van der Waals surface area contributed by atoms with Crippen molar-refractivity contribution in [1.29, 1.82) is 5.41 Å². The Hall–Kier alpha value is -5.40. The minimum Gasteiger partial charge on any atom is -0.447 e. The summed E-state index contributed by atoms with van der Waals surface area (Å²) in [5, 5.41) is 14.6. The van der Waals surface area contributed by atoms with Crippen LogP contribution in [0.2, 0.25) is 0 Å². The number of amidine groups is 1. The van der Waals surface area contributed by atoms with Crippen LogP contribution in [0.4, 0.5) is 22.4 Å². The zero-order valence-corrected chi connectivity index (χ0v) is 44.0. The molecule has 0 bridgehead atoms. The fourth-order valence-electron chi connectivity index (χ4n) is 5.82. The summed E-state index contributed by atoms with van der Waals surface area (Å²) in [6, 6.07) is 0. The molecule has 0 unspecified atom stereocenters. The van der Waals surface area contributed by atoms with Crippen molar-refractivity contribution in [3.63, 3.8) is 0 Å². The van der Waals surface area contributed by atoms with Gasteiger partial charge in [0.25, 0.3) is 5.91 Å². The minimum atomic E-state index is -5.65. The number of carbonyl (C=O) groups excluding carboxylic acids is 3. The molecule has 1 aliphatic heterocycles. The van der Waals surface area contributed by atoms with E-state index < -0.39 is 62.5 Å². The van der Waals surface area contributed by atoms with Crippen molar-refractivity contribution < 1.29 is 107 Å². The number of halogens is 4. The van der Waals surface area contributed by atoms with E-state index in [2.05, 4.69) is 32.2 Å². The summed E-state index contributed by atoms with van der Waals surface area (Å²) in [5.74, 6) is -7.21. The number of amides is 2. The van der Waals surface area contributed by atoms with Gasteiger partial charge in [-0.25, -0.2) is 23.6 Å². The van der Waals surface area contributed by atoms with Crippen LogP contribution in [-0.4, -0.2) is 213 Å². The molecule has 0 spiro atoms. The van der Waals surface area contributed by atoms with Gasteiger partial charge in [-0.2, -0.15) is 17.2 Å². The number of ether oxygens (including phenoxy) is 12. The molecule has 6 N–H and O–H groups in total. The molecular weight excluding hydrogens is 1060 g/mol.